The fourth-order valence-corrected chi connectivity index (χ4v) is 1.90. The fraction of sp³-hybridized carbons (Fsp3) is 0.417. The van der Waals surface area contributed by atoms with Crippen molar-refractivity contribution in [3.8, 4) is 5.75 Å². The Bertz CT molecular complexity index is 334. The smallest absolute Gasteiger partial charge is 0.142 e. The van der Waals surface area contributed by atoms with Crippen LogP contribution < -0.4 is 9.64 Å². The van der Waals surface area contributed by atoms with Crippen molar-refractivity contribution in [2.75, 3.05) is 25.1 Å². The van der Waals surface area contributed by atoms with Crippen molar-refractivity contribution in [3.05, 3.63) is 30.4 Å². The van der Waals surface area contributed by atoms with Gasteiger partial charge >= 0.3 is 0 Å². The number of hydrogen-bond acceptors (Lipinski definition) is 2. The quantitative estimate of drug-likeness (QED) is 0.740. The molecule has 2 nitrogen and oxygen atoms in total. The van der Waals surface area contributed by atoms with Crippen LogP contribution in [0.4, 0.5) is 10.1 Å². The van der Waals surface area contributed by atoms with E-state index in [0.717, 1.165) is 37.4 Å². The molecule has 0 unspecified atom stereocenters. The molecule has 2 rings (SSSR count). The highest BCUT2D eigenvalue weighted by Gasteiger charge is 2.15. The summed E-state index contributed by atoms with van der Waals surface area (Å²) in [5, 5.41) is 0. The maximum atomic E-state index is 13.1. The normalized spacial score (nSPS) is 16.5. The minimum absolute atomic E-state index is 0.208. The molecule has 1 aromatic carbocycles. The summed E-state index contributed by atoms with van der Waals surface area (Å²) in [4.78, 5) is 2.17. The van der Waals surface area contributed by atoms with Gasteiger partial charge < -0.3 is 9.64 Å². The number of methoxy groups -OCH3 is 1. The summed E-state index contributed by atoms with van der Waals surface area (Å²) < 4.78 is 18.4. The van der Waals surface area contributed by atoms with Crippen molar-refractivity contribution in [2.24, 2.45) is 0 Å². The molecule has 0 N–H and O–H groups in total. The van der Waals surface area contributed by atoms with Gasteiger partial charge in [-0.1, -0.05) is 0 Å². The number of halogens is 1. The molecule has 1 heterocycles. The van der Waals surface area contributed by atoms with Gasteiger partial charge in [0.2, 0.25) is 0 Å². The average molecular weight is 208 g/mol. The molecule has 0 bridgehead atoms. The minimum atomic E-state index is -0.208. The Labute approximate surface area is 89.7 Å². The molecule has 1 aromatic rings. The van der Waals surface area contributed by atoms with E-state index in [-0.39, 0.29) is 5.82 Å². The van der Waals surface area contributed by atoms with Gasteiger partial charge in [0.1, 0.15) is 11.6 Å². The Morgan fingerprint density at radius 2 is 2.00 bits per heavy atom. The number of ether oxygens (including phenoxy) is 1. The topological polar surface area (TPSA) is 12.5 Å². The van der Waals surface area contributed by atoms with Gasteiger partial charge in [0.15, 0.2) is 0 Å². The molecule has 1 fully saturated rings. The lowest BCUT2D eigenvalue weighted by molar-refractivity contribution is 0.412. The predicted molar refractivity (Wildman–Crippen MR) is 58.7 cm³/mol. The van der Waals surface area contributed by atoms with E-state index in [9.17, 15) is 4.39 Å². The van der Waals surface area contributed by atoms with E-state index < -0.39 is 0 Å². The second kappa shape index (κ2) is 4.51. The highest BCUT2D eigenvalue weighted by Crippen LogP contribution is 2.30. The van der Waals surface area contributed by atoms with E-state index in [0.29, 0.717) is 0 Å². The van der Waals surface area contributed by atoms with Gasteiger partial charge in [0.25, 0.3) is 0 Å². The monoisotopic (exact) mass is 208 g/mol. The van der Waals surface area contributed by atoms with E-state index in [1.807, 2.05) is 0 Å². The maximum absolute atomic E-state index is 13.1. The van der Waals surface area contributed by atoms with Crippen LogP contribution in [0.1, 0.15) is 12.8 Å². The lowest BCUT2D eigenvalue weighted by Gasteiger charge is -2.29. The first kappa shape index (κ1) is 10.3. The largest absolute Gasteiger partial charge is 0.495 e. The van der Waals surface area contributed by atoms with Gasteiger partial charge in [-0.25, -0.2) is 4.39 Å². The van der Waals surface area contributed by atoms with Gasteiger partial charge in [0, 0.05) is 19.2 Å². The van der Waals surface area contributed by atoms with Crippen LogP contribution in [0.15, 0.2) is 18.2 Å². The molecule has 0 saturated carbocycles. The third-order valence-electron chi connectivity index (χ3n) is 2.69. The molecule has 0 aliphatic carbocycles. The zero-order valence-electron chi connectivity index (χ0n) is 8.87. The molecule has 1 saturated heterocycles. The first-order chi connectivity index (χ1) is 7.31. The Kier molecular flexibility index (Phi) is 3.09. The van der Waals surface area contributed by atoms with Crippen molar-refractivity contribution in [1.82, 2.24) is 0 Å². The first-order valence-electron chi connectivity index (χ1n) is 5.21. The van der Waals surface area contributed by atoms with Gasteiger partial charge in [-0.15, -0.1) is 0 Å². The van der Waals surface area contributed by atoms with Crippen LogP contribution in [0.5, 0.6) is 5.75 Å². The highest BCUT2D eigenvalue weighted by atomic mass is 19.1. The van der Waals surface area contributed by atoms with Crippen LogP contribution in [0.3, 0.4) is 0 Å². The number of nitrogens with zero attached hydrogens (tertiary/aromatic N) is 1. The van der Waals surface area contributed by atoms with E-state index >= 15 is 0 Å². The fourth-order valence-electron chi connectivity index (χ4n) is 1.90. The zero-order valence-corrected chi connectivity index (χ0v) is 8.87. The molecule has 1 aliphatic heterocycles. The van der Waals surface area contributed by atoms with Crippen LogP contribution in [-0.4, -0.2) is 20.2 Å². The van der Waals surface area contributed by atoms with Gasteiger partial charge in [-0.3, -0.25) is 0 Å². The number of rotatable bonds is 2. The average Bonchev–Trinajstić information content (AvgIpc) is 2.30. The van der Waals surface area contributed by atoms with Crippen LogP contribution in [0, 0.1) is 12.2 Å². The summed E-state index contributed by atoms with van der Waals surface area (Å²) in [7, 11) is 1.62. The highest BCUT2D eigenvalue weighted by molar-refractivity contribution is 5.59. The minimum Gasteiger partial charge on any atom is -0.495 e. The van der Waals surface area contributed by atoms with E-state index in [2.05, 4.69) is 11.3 Å². The summed E-state index contributed by atoms with van der Waals surface area (Å²) in [5.74, 6) is 0.540. The van der Waals surface area contributed by atoms with E-state index in [1.54, 1.807) is 19.2 Å². The Balaban J connectivity index is 2.27. The second-order valence-corrected chi connectivity index (χ2v) is 3.67. The third-order valence-corrected chi connectivity index (χ3v) is 2.69. The molecule has 0 aromatic heterocycles. The van der Waals surface area contributed by atoms with Crippen LogP contribution >= 0.6 is 0 Å². The third kappa shape index (κ3) is 2.22. The Morgan fingerprint density at radius 1 is 1.27 bits per heavy atom. The van der Waals surface area contributed by atoms with Crippen LogP contribution in [-0.2, 0) is 0 Å². The van der Waals surface area contributed by atoms with Crippen LogP contribution in [0.25, 0.3) is 0 Å². The predicted octanol–water partition coefficient (Wildman–Crippen LogP) is 2.64. The molecule has 0 amide bonds. The van der Waals surface area contributed by atoms with Crippen molar-refractivity contribution in [2.45, 2.75) is 12.8 Å². The molecular formula is C12H15FNO. The summed E-state index contributed by atoms with van der Waals surface area (Å²) in [5.41, 5.74) is 0.866. The molecule has 81 valence electrons. The SMILES string of the molecule is COc1ccc(F)cc1N1CC[CH]CC1. The second-order valence-electron chi connectivity index (χ2n) is 3.67. The molecular weight excluding hydrogens is 193 g/mol. The number of piperidine rings is 1. The van der Waals surface area contributed by atoms with Gasteiger partial charge in [-0.05, 0) is 31.4 Å². The number of hydrogen-bond donors (Lipinski definition) is 0. The molecule has 0 spiro atoms. The molecule has 3 heteroatoms. The standard InChI is InChI=1S/C12H15FNO/c1-15-12-6-5-10(13)9-11(12)14-7-3-2-4-8-14/h2,5-6,9H,3-4,7-8H2,1H3. The number of benzene rings is 1. The lowest BCUT2D eigenvalue weighted by atomic mass is 10.1. The van der Waals surface area contributed by atoms with E-state index in [4.69, 9.17) is 4.74 Å². The molecule has 1 aliphatic rings. The van der Waals surface area contributed by atoms with Crippen molar-refractivity contribution in [1.29, 1.82) is 0 Å². The zero-order chi connectivity index (χ0) is 10.7. The van der Waals surface area contributed by atoms with Crippen molar-refractivity contribution < 1.29 is 9.13 Å². The van der Waals surface area contributed by atoms with Gasteiger partial charge in [-0.2, -0.15) is 0 Å². The summed E-state index contributed by atoms with van der Waals surface area (Å²) in [6, 6.07) is 4.66. The Hall–Kier alpha value is -1.25. The van der Waals surface area contributed by atoms with Crippen LogP contribution in [0.2, 0.25) is 0 Å². The van der Waals surface area contributed by atoms with Crippen molar-refractivity contribution in [3.63, 3.8) is 0 Å². The Morgan fingerprint density at radius 3 is 2.67 bits per heavy atom. The summed E-state index contributed by atoms with van der Waals surface area (Å²) in [6.07, 6.45) is 4.38. The lowest BCUT2D eigenvalue weighted by Crippen LogP contribution is -2.30. The first-order valence-corrected chi connectivity index (χ1v) is 5.21. The van der Waals surface area contributed by atoms with E-state index in [1.165, 1.54) is 6.07 Å². The molecule has 0 atom stereocenters. The maximum Gasteiger partial charge on any atom is 0.142 e. The molecule has 15 heavy (non-hydrogen) atoms. The number of anilines is 1. The summed E-state index contributed by atoms with van der Waals surface area (Å²) in [6.45, 7) is 1.89. The summed E-state index contributed by atoms with van der Waals surface area (Å²) >= 11 is 0. The van der Waals surface area contributed by atoms with Gasteiger partial charge in [0.05, 0.1) is 12.8 Å². The molecule has 1 radical (unpaired) electrons. The van der Waals surface area contributed by atoms with Crippen molar-refractivity contribution >= 4 is 5.69 Å².